The summed E-state index contributed by atoms with van der Waals surface area (Å²) in [5, 5.41) is 6.50. The number of aromatic nitrogens is 2. The predicted molar refractivity (Wildman–Crippen MR) is 83.6 cm³/mol. The Labute approximate surface area is 128 Å². The van der Waals surface area contributed by atoms with Crippen LogP contribution in [0.25, 0.3) is 11.3 Å². The fraction of sp³-hybridized carbons (Fsp3) is 0.118. The Balaban J connectivity index is 1.81. The van der Waals surface area contributed by atoms with Crippen LogP contribution in [0.2, 0.25) is 0 Å². The second-order valence-electron chi connectivity index (χ2n) is 5.04. The molecule has 0 bridgehead atoms. The minimum Gasteiger partial charge on any atom is -0.355 e. The Morgan fingerprint density at radius 3 is 2.68 bits per heavy atom. The number of nitrogens with one attached hydrogen (secondary N) is 1. The zero-order valence-corrected chi connectivity index (χ0v) is 12.3. The number of pyridine rings is 1. The van der Waals surface area contributed by atoms with E-state index in [-0.39, 0.29) is 11.6 Å². The van der Waals surface area contributed by atoms with Gasteiger partial charge in [0, 0.05) is 17.8 Å². The summed E-state index contributed by atoms with van der Waals surface area (Å²) in [6.07, 6.45) is 1.61. The maximum atomic E-state index is 12.1. The molecule has 0 spiro atoms. The largest absolute Gasteiger partial charge is 0.355 e. The predicted octanol–water partition coefficient (Wildman–Crippen LogP) is 3.61. The van der Waals surface area contributed by atoms with Crippen molar-refractivity contribution in [3.8, 4) is 11.3 Å². The molecular weight excluding hydrogens is 278 g/mol. The first-order chi connectivity index (χ1) is 10.6. The minimum atomic E-state index is -0.350. The third-order valence-corrected chi connectivity index (χ3v) is 3.44. The van der Waals surface area contributed by atoms with Gasteiger partial charge in [0.2, 0.25) is 0 Å². The van der Waals surface area contributed by atoms with E-state index < -0.39 is 0 Å². The molecule has 0 radical (unpaired) electrons. The summed E-state index contributed by atoms with van der Waals surface area (Å²) >= 11 is 0. The highest BCUT2D eigenvalue weighted by atomic mass is 16.5. The number of carbonyl (C=O) groups is 1. The summed E-state index contributed by atoms with van der Waals surface area (Å²) in [4.78, 5) is 16.1. The number of nitrogens with zero attached hydrogens (tertiary/aromatic N) is 2. The number of hydrogen-bond donors (Lipinski definition) is 1. The summed E-state index contributed by atoms with van der Waals surface area (Å²) in [5.41, 5.74) is 3.48. The lowest BCUT2D eigenvalue weighted by molar-refractivity contribution is 0.101. The molecule has 0 aliphatic carbocycles. The number of amides is 1. The first-order valence-corrected chi connectivity index (χ1v) is 6.90. The van der Waals surface area contributed by atoms with Gasteiger partial charge >= 0.3 is 0 Å². The van der Waals surface area contributed by atoms with Crippen LogP contribution in [0, 0.1) is 13.8 Å². The molecule has 3 rings (SSSR count). The molecule has 0 saturated heterocycles. The van der Waals surface area contributed by atoms with Crippen LogP contribution < -0.4 is 5.32 Å². The van der Waals surface area contributed by atoms with Gasteiger partial charge in [-0.25, -0.2) is 4.98 Å². The second kappa shape index (κ2) is 5.81. The van der Waals surface area contributed by atoms with Crippen LogP contribution in [0.1, 0.15) is 21.6 Å². The number of benzene rings is 1. The summed E-state index contributed by atoms with van der Waals surface area (Å²) in [6, 6.07) is 12.9. The van der Waals surface area contributed by atoms with Gasteiger partial charge in [-0.15, -0.1) is 0 Å². The third kappa shape index (κ3) is 2.88. The fourth-order valence-electron chi connectivity index (χ4n) is 2.03. The van der Waals surface area contributed by atoms with Crippen molar-refractivity contribution in [2.75, 3.05) is 5.32 Å². The Morgan fingerprint density at radius 2 is 1.95 bits per heavy atom. The van der Waals surface area contributed by atoms with E-state index in [1.165, 1.54) is 5.56 Å². The van der Waals surface area contributed by atoms with E-state index in [2.05, 4.69) is 15.5 Å². The molecule has 0 atom stereocenters. The molecule has 2 heterocycles. The maximum absolute atomic E-state index is 12.1. The Hall–Kier alpha value is -2.95. The molecule has 5 heteroatoms. The van der Waals surface area contributed by atoms with E-state index in [1.54, 1.807) is 30.5 Å². The van der Waals surface area contributed by atoms with E-state index in [0.29, 0.717) is 11.6 Å². The van der Waals surface area contributed by atoms with E-state index >= 15 is 0 Å². The van der Waals surface area contributed by atoms with Gasteiger partial charge in [-0.2, -0.15) is 0 Å². The first-order valence-electron chi connectivity index (χ1n) is 6.90. The van der Waals surface area contributed by atoms with E-state index in [4.69, 9.17) is 4.52 Å². The fourth-order valence-corrected chi connectivity index (χ4v) is 2.03. The molecule has 0 aliphatic rings. The van der Waals surface area contributed by atoms with Crippen LogP contribution in [0.5, 0.6) is 0 Å². The van der Waals surface area contributed by atoms with E-state index in [0.717, 1.165) is 11.1 Å². The van der Waals surface area contributed by atoms with Crippen molar-refractivity contribution in [2.24, 2.45) is 0 Å². The highest BCUT2D eigenvalue weighted by Crippen LogP contribution is 2.23. The molecular formula is C17H15N3O2. The molecule has 0 fully saturated rings. The summed E-state index contributed by atoms with van der Waals surface area (Å²) in [5.74, 6) is 0.690. The average molecular weight is 293 g/mol. The van der Waals surface area contributed by atoms with Gasteiger partial charge in [0.05, 0.1) is 0 Å². The molecule has 1 amide bonds. The highest BCUT2D eigenvalue weighted by Gasteiger charge is 2.14. The molecule has 110 valence electrons. The van der Waals surface area contributed by atoms with Gasteiger partial charge in [-0.05, 0) is 43.2 Å². The topological polar surface area (TPSA) is 68.0 Å². The monoisotopic (exact) mass is 293 g/mol. The standard InChI is InChI=1S/C17H15N3O2/c1-11-6-7-13(9-12(11)2)15-10-14(20-22-15)17(21)19-16-5-3-4-8-18-16/h3-10H,1-2H3,(H,18,19,21). The molecule has 2 aromatic heterocycles. The van der Waals surface area contributed by atoms with Gasteiger partial charge in [0.1, 0.15) is 5.82 Å². The van der Waals surface area contributed by atoms with Crippen molar-refractivity contribution in [1.29, 1.82) is 0 Å². The van der Waals surface area contributed by atoms with Crippen LogP contribution in [-0.2, 0) is 0 Å². The van der Waals surface area contributed by atoms with Gasteiger partial charge in [0.25, 0.3) is 5.91 Å². The molecule has 5 nitrogen and oxygen atoms in total. The van der Waals surface area contributed by atoms with Crippen LogP contribution in [-0.4, -0.2) is 16.0 Å². The molecule has 1 N–H and O–H groups in total. The minimum absolute atomic E-state index is 0.221. The maximum Gasteiger partial charge on any atom is 0.279 e. The molecule has 22 heavy (non-hydrogen) atoms. The number of anilines is 1. The van der Waals surface area contributed by atoms with Crippen molar-refractivity contribution < 1.29 is 9.32 Å². The number of carbonyl (C=O) groups excluding carboxylic acids is 1. The van der Waals surface area contributed by atoms with Crippen molar-refractivity contribution in [1.82, 2.24) is 10.1 Å². The summed E-state index contributed by atoms with van der Waals surface area (Å²) < 4.78 is 5.27. The Morgan fingerprint density at radius 1 is 1.09 bits per heavy atom. The quantitative estimate of drug-likeness (QED) is 0.801. The number of aryl methyl sites for hydroxylation is 2. The number of hydrogen-bond acceptors (Lipinski definition) is 4. The van der Waals surface area contributed by atoms with Gasteiger partial charge in [-0.1, -0.05) is 23.4 Å². The lowest BCUT2D eigenvalue weighted by atomic mass is 10.0. The smallest absolute Gasteiger partial charge is 0.279 e. The molecule has 0 aliphatic heterocycles. The van der Waals surface area contributed by atoms with Crippen molar-refractivity contribution in [3.63, 3.8) is 0 Å². The van der Waals surface area contributed by atoms with Crippen LogP contribution in [0.3, 0.4) is 0 Å². The lowest BCUT2D eigenvalue weighted by Gasteiger charge is -2.01. The normalized spacial score (nSPS) is 10.5. The SMILES string of the molecule is Cc1ccc(-c2cc(C(=O)Nc3ccccn3)no2)cc1C. The molecule has 1 aromatic carbocycles. The highest BCUT2D eigenvalue weighted by molar-refractivity contribution is 6.02. The van der Waals surface area contributed by atoms with Gasteiger partial charge in [0.15, 0.2) is 11.5 Å². The van der Waals surface area contributed by atoms with Gasteiger partial charge in [-0.3, -0.25) is 4.79 Å². The molecule has 0 saturated carbocycles. The molecule has 3 aromatic rings. The average Bonchev–Trinajstić information content (AvgIpc) is 3.01. The Kier molecular flexibility index (Phi) is 3.70. The second-order valence-corrected chi connectivity index (χ2v) is 5.04. The summed E-state index contributed by atoms with van der Waals surface area (Å²) in [7, 11) is 0. The zero-order chi connectivity index (χ0) is 15.5. The van der Waals surface area contributed by atoms with Crippen molar-refractivity contribution >= 4 is 11.7 Å². The van der Waals surface area contributed by atoms with Crippen molar-refractivity contribution in [3.05, 3.63) is 65.5 Å². The third-order valence-electron chi connectivity index (χ3n) is 3.44. The van der Waals surface area contributed by atoms with Crippen LogP contribution >= 0.6 is 0 Å². The van der Waals surface area contributed by atoms with Crippen LogP contribution in [0.4, 0.5) is 5.82 Å². The van der Waals surface area contributed by atoms with Gasteiger partial charge < -0.3 is 9.84 Å². The Bertz CT molecular complexity index is 810. The molecule has 0 unspecified atom stereocenters. The van der Waals surface area contributed by atoms with Crippen LogP contribution in [0.15, 0.2) is 53.2 Å². The zero-order valence-electron chi connectivity index (χ0n) is 12.3. The first kappa shape index (κ1) is 14.0. The van der Waals surface area contributed by atoms with E-state index in [1.807, 2.05) is 32.0 Å². The van der Waals surface area contributed by atoms with E-state index in [9.17, 15) is 4.79 Å². The lowest BCUT2D eigenvalue weighted by Crippen LogP contribution is -2.12. The number of rotatable bonds is 3. The van der Waals surface area contributed by atoms with Crippen molar-refractivity contribution in [2.45, 2.75) is 13.8 Å². The summed E-state index contributed by atoms with van der Waals surface area (Å²) in [6.45, 7) is 4.08.